The van der Waals surface area contributed by atoms with Gasteiger partial charge in [-0.25, -0.2) is 4.98 Å². The molecular weight excluding hydrogens is 316 g/mol. The van der Waals surface area contributed by atoms with Gasteiger partial charge in [0.25, 0.3) is 5.91 Å². The lowest BCUT2D eigenvalue weighted by atomic mass is 9.95. The van der Waals surface area contributed by atoms with Crippen LogP contribution in [0.5, 0.6) is 5.75 Å². The van der Waals surface area contributed by atoms with E-state index in [4.69, 9.17) is 4.74 Å². The maximum Gasteiger partial charge on any atom is 0.253 e. The normalized spacial score (nSPS) is 18.4. The van der Waals surface area contributed by atoms with Crippen molar-refractivity contribution in [2.24, 2.45) is 0 Å². The van der Waals surface area contributed by atoms with Crippen molar-refractivity contribution in [1.82, 2.24) is 20.1 Å². The van der Waals surface area contributed by atoms with Crippen LogP contribution in [0.4, 0.5) is 0 Å². The number of hydrogen-bond acceptors (Lipinski definition) is 4. The molecule has 6 nitrogen and oxygen atoms in total. The fourth-order valence-corrected chi connectivity index (χ4v) is 3.49. The maximum absolute atomic E-state index is 12.8. The topological polar surface area (TPSA) is 71.1 Å². The summed E-state index contributed by atoms with van der Waals surface area (Å²) in [6, 6.07) is 5.65. The number of H-pyrrole nitrogens is 1. The number of amides is 1. The first-order valence-electron chi connectivity index (χ1n) is 9.02. The van der Waals surface area contributed by atoms with Crippen molar-refractivity contribution in [2.75, 3.05) is 20.2 Å². The molecular formula is C19H24N4O2. The number of ether oxygens (including phenoxy) is 1. The van der Waals surface area contributed by atoms with E-state index in [1.54, 1.807) is 7.11 Å². The molecule has 1 aromatic heterocycles. The van der Waals surface area contributed by atoms with Crippen LogP contribution >= 0.6 is 0 Å². The highest BCUT2D eigenvalue weighted by molar-refractivity contribution is 5.94. The number of methoxy groups -OCH3 is 1. The highest BCUT2D eigenvalue weighted by Gasteiger charge is 2.31. The van der Waals surface area contributed by atoms with E-state index in [1.807, 2.05) is 30.0 Å². The van der Waals surface area contributed by atoms with E-state index >= 15 is 0 Å². The Morgan fingerprint density at radius 1 is 1.20 bits per heavy atom. The highest BCUT2D eigenvalue weighted by Crippen LogP contribution is 2.38. The molecule has 1 amide bonds. The second kappa shape index (κ2) is 6.50. The Labute approximate surface area is 147 Å². The first-order valence-corrected chi connectivity index (χ1v) is 9.02. The van der Waals surface area contributed by atoms with E-state index < -0.39 is 0 Å². The third kappa shape index (κ3) is 3.25. The Kier molecular flexibility index (Phi) is 4.19. The van der Waals surface area contributed by atoms with Crippen molar-refractivity contribution in [1.29, 1.82) is 0 Å². The van der Waals surface area contributed by atoms with Gasteiger partial charge in [0.05, 0.1) is 7.11 Å². The third-order valence-corrected chi connectivity index (χ3v) is 5.29. The number of aromatic amines is 1. The Balaban J connectivity index is 1.39. The van der Waals surface area contributed by atoms with Gasteiger partial charge in [0.2, 0.25) is 0 Å². The zero-order valence-electron chi connectivity index (χ0n) is 14.8. The van der Waals surface area contributed by atoms with E-state index in [1.165, 1.54) is 12.8 Å². The average molecular weight is 340 g/mol. The van der Waals surface area contributed by atoms with Gasteiger partial charge in [-0.2, -0.15) is 5.10 Å². The summed E-state index contributed by atoms with van der Waals surface area (Å²) in [5.74, 6) is 3.74. The van der Waals surface area contributed by atoms with Gasteiger partial charge in [0.1, 0.15) is 11.6 Å². The fourth-order valence-electron chi connectivity index (χ4n) is 3.49. The van der Waals surface area contributed by atoms with Crippen LogP contribution in [0.1, 0.15) is 65.1 Å². The van der Waals surface area contributed by atoms with E-state index in [2.05, 4.69) is 15.2 Å². The summed E-state index contributed by atoms with van der Waals surface area (Å²) in [6.07, 6.45) is 4.27. The SMILES string of the molecule is COc1cc(C(=O)N2CCC(c3nc(C4CC4)n[nH]3)CC2)ccc1C. The molecule has 1 N–H and O–H groups in total. The summed E-state index contributed by atoms with van der Waals surface area (Å²) in [7, 11) is 1.63. The van der Waals surface area contributed by atoms with Crippen LogP contribution in [0, 0.1) is 6.92 Å². The van der Waals surface area contributed by atoms with Gasteiger partial charge in [-0.1, -0.05) is 6.07 Å². The quantitative estimate of drug-likeness (QED) is 0.929. The maximum atomic E-state index is 12.8. The molecule has 132 valence electrons. The lowest BCUT2D eigenvalue weighted by Crippen LogP contribution is -2.38. The Morgan fingerprint density at radius 3 is 2.64 bits per heavy atom. The zero-order valence-corrected chi connectivity index (χ0v) is 14.8. The van der Waals surface area contributed by atoms with Gasteiger partial charge in [-0.3, -0.25) is 9.89 Å². The molecule has 1 saturated carbocycles. The summed E-state index contributed by atoms with van der Waals surface area (Å²) in [5.41, 5.74) is 1.73. The van der Waals surface area contributed by atoms with Crippen LogP contribution in [0.15, 0.2) is 18.2 Å². The third-order valence-electron chi connectivity index (χ3n) is 5.29. The molecule has 25 heavy (non-hydrogen) atoms. The summed E-state index contributed by atoms with van der Waals surface area (Å²) in [5, 5.41) is 7.46. The predicted molar refractivity (Wildman–Crippen MR) is 94.0 cm³/mol. The number of carbonyl (C=O) groups excluding carboxylic acids is 1. The van der Waals surface area contributed by atoms with Crippen LogP contribution in [0.3, 0.4) is 0 Å². The van der Waals surface area contributed by atoms with Gasteiger partial charge in [-0.05, 0) is 50.3 Å². The van der Waals surface area contributed by atoms with Crippen LogP contribution in [-0.4, -0.2) is 46.2 Å². The number of aromatic nitrogens is 3. The molecule has 0 bridgehead atoms. The molecule has 2 fully saturated rings. The molecule has 1 aliphatic carbocycles. The minimum Gasteiger partial charge on any atom is -0.496 e. The molecule has 0 radical (unpaired) electrons. The second-order valence-electron chi connectivity index (χ2n) is 7.10. The number of carbonyl (C=O) groups is 1. The number of hydrogen-bond donors (Lipinski definition) is 1. The van der Waals surface area contributed by atoms with E-state index in [9.17, 15) is 4.79 Å². The predicted octanol–water partition coefficient (Wildman–Crippen LogP) is 3.02. The van der Waals surface area contributed by atoms with Crippen molar-refractivity contribution in [3.05, 3.63) is 41.0 Å². The molecule has 0 atom stereocenters. The van der Waals surface area contributed by atoms with Gasteiger partial charge in [-0.15, -0.1) is 0 Å². The second-order valence-corrected chi connectivity index (χ2v) is 7.10. The molecule has 0 unspecified atom stereocenters. The van der Waals surface area contributed by atoms with Crippen LogP contribution in [-0.2, 0) is 0 Å². The Bertz CT molecular complexity index is 773. The molecule has 1 aromatic carbocycles. The van der Waals surface area contributed by atoms with Crippen molar-refractivity contribution in [3.8, 4) is 5.75 Å². The lowest BCUT2D eigenvalue weighted by Gasteiger charge is -2.31. The largest absolute Gasteiger partial charge is 0.496 e. The first kappa shape index (κ1) is 16.1. The molecule has 1 aliphatic heterocycles. The van der Waals surface area contributed by atoms with Gasteiger partial charge in [0.15, 0.2) is 5.82 Å². The molecule has 0 spiro atoms. The lowest BCUT2D eigenvalue weighted by molar-refractivity contribution is 0.0711. The smallest absolute Gasteiger partial charge is 0.253 e. The molecule has 6 heteroatoms. The number of nitrogens with one attached hydrogen (secondary N) is 1. The number of nitrogens with zero attached hydrogens (tertiary/aromatic N) is 3. The minimum absolute atomic E-state index is 0.0768. The average Bonchev–Trinajstić information content (AvgIpc) is 3.39. The molecule has 2 aromatic rings. The monoisotopic (exact) mass is 340 g/mol. The van der Waals surface area contributed by atoms with Crippen LogP contribution in [0.2, 0.25) is 0 Å². The van der Waals surface area contributed by atoms with E-state index in [0.717, 1.165) is 48.9 Å². The molecule has 4 rings (SSSR count). The van der Waals surface area contributed by atoms with Crippen molar-refractivity contribution in [2.45, 2.75) is 44.4 Å². The highest BCUT2D eigenvalue weighted by atomic mass is 16.5. The van der Waals surface area contributed by atoms with E-state index in [-0.39, 0.29) is 5.91 Å². The van der Waals surface area contributed by atoms with Gasteiger partial charge >= 0.3 is 0 Å². The van der Waals surface area contributed by atoms with Crippen LogP contribution < -0.4 is 4.74 Å². The molecule has 1 saturated heterocycles. The zero-order chi connectivity index (χ0) is 17.4. The Hall–Kier alpha value is -2.37. The standard InChI is InChI=1S/C19H24N4O2/c1-12-3-4-15(11-16(12)25-2)19(24)23-9-7-14(8-10-23)18-20-17(21-22-18)13-5-6-13/h3-4,11,13-14H,5-10H2,1-2H3,(H,20,21,22). The minimum atomic E-state index is 0.0768. The number of aryl methyl sites for hydroxylation is 1. The van der Waals surface area contributed by atoms with Crippen LogP contribution in [0.25, 0.3) is 0 Å². The number of piperidine rings is 1. The summed E-state index contributed by atoms with van der Waals surface area (Å²) in [4.78, 5) is 19.4. The number of rotatable bonds is 4. The number of likely N-dealkylation sites (tertiary alicyclic amines) is 1. The van der Waals surface area contributed by atoms with Gasteiger partial charge < -0.3 is 9.64 Å². The van der Waals surface area contributed by atoms with Crippen molar-refractivity contribution >= 4 is 5.91 Å². The van der Waals surface area contributed by atoms with Crippen molar-refractivity contribution < 1.29 is 9.53 Å². The summed E-state index contributed by atoms with van der Waals surface area (Å²) < 4.78 is 5.33. The van der Waals surface area contributed by atoms with E-state index in [0.29, 0.717) is 17.4 Å². The molecule has 2 aliphatic rings. The Morgan fingerprint density at radius 2 is 1.96 bits per heavy atom. The first-order chi connectivity index (χ1) is 12.2. The fraction of sp³-hybridized carbons (Fsp3) is 0.526. The summed E-state index contributed by atoms with van der Waals surface area (Å²) >= 11 is 0. The van der Waals surface area contributed by atoms with Gasteiger partial charge in [0, 0.05) is 30.5 Å². The summed E-state index contributed by atoms with van der Waals surface area (Å²) in [6.45, 7) is 3.48. The van der Waals surface area contributed by atoms with Crippen molar-refractivity contribution in [3.63, 3.8) is 0 Å². The molecule has 2 heterocycles. The number of benzene rings is 1.